The number of hydrogen-bond acceptors (Lipinski definition) is 3. The molecule has 118 valence electrons. The van der Waals surface area contributed by atoms with Crippen LogP contribution < -0.4 is 0 Å². The first-order chi connectivity index (χ1) is 11.0. The van der Waals surface area contributed by atoms with Crippen LogP contribution in [0, 0.1) is 12.3 Å². The lowest BCUT2D eigenvalue weighted by atomic mass is 9.91. The molecule has 4 nitrogen and oxygen atoms in total. The molecule has 1 N–H and O–H groups in total. The normalized spacial score (nSPS) is 21.5. The van der Waals surface area contributed by atoms with E-state index in [0.29, 0.717) is 6.42 Å². The van der Waals surface area contributed by atoms with Gasteiger partial charge in [-0.2, -0.15) is 9.59 Å². The number of rotatable bonds is 4. The lowest BCUT2D eigenvalue weighted by molar-refractivity contribution is -0.191. The van der Waals surface area contributed by atoms with Crippen LogP contribution in [-0.4, -0.2) is 17.2 Å². The van der Waals surface area contributed by atoms with Crippen molar-refractivity contribution in [1.82, 2.24) is 0 Å². The van der Waals surface area contributed by atoms with Gasteiger partial charge in [0.2, 0.25) is 0 Å². The van der Waals surface area contributed by atoms with Crippen LogP contribution in [0.4, 0.5) is 0 Å². The topological polar surface area (TPSA) is 71.4 Å². The largest absolute Gasteiger partial charge is 0.481 e. The molecule has 1 saturated carbocycles. The van der Waals surface area contributed by atoms with Crippen molar-refractivity contribution in [2.45, 2.75) is 25.7 Å². The maximum atomic E-state index is 11.7. The van der Waals surface area contributed by atoms with Crippen molar-refractivity contribution in [3.63, 3.8) is 0 Å². The summed E-state index contributed by atoms with van der Waals surface area (Å²) in [5, 5.41) is 9.65. The SMILES string of the molecule is Cc1ccc([C@H]2C[C@@]2(Cc2ccccc2)C(=O)O)cc1.O=C=O. The lowest BCUT2D eigenvalue weighted by Crippen LogP contribution is -2.20. The molecule has 0 amide bonds. The Hall–Kier alpha value is -2.71. The van der Waals surface area contributed by atoms with Crippen LogP contribution in [-0.2, 0) is 20.8 Å². The van der Waals surface area contributed by atoms with E-state index in [1.165, 1.54) is 5.56 Å². The predicted octanol–water partition coefficient (Wildman–Crippen LogP) is 3.21. The molecule has 0 unspecified atom stereocenters. The molecule has 0 spiro atoms. The number of hydrogen-bond donors (Lipinski definition) is 1. The third kappa shape index (κ3) is 3.74. The van der Waals surface area contributed by atoms with Crippen LogP contribution in [0.25, 0.3) is 0 Å². The van der Waals surface area contributed by atoms with E-state index in [0.717, 1.165) is 17.5 Å². The molecule has 0 radical (unpaired) electrons. The van der Waals surface area contributed by atoms with Crippen LogP contribution in [0.1, 0.15) is 29.0 Å². The molecule has 0 heterocycles. The Morgan fingerprint density at radius 1 is 1.13 bits per heavy atom. The molecule has 3 rings (SSSR count). The Balaban J connectivity index is 0.000000595. The molecule has 1 aliphatic carbocycles. The van der Waals surface area contributed by atoms with Crippen LogP contribution >= 0.6 is 0 Å². The molecule has 1 aliphatic rings. The Morgan fingerprint density at radius 3 is 2.22 bits per heavy atom. The summed E-state index contributed by atoms with van der Waals surface area (Å²) >= 11 is 0. The average Bonchev–Trinajstić information content (AvgIpc) is 3.25. The van der Waals surface area contributed by atoms with Gasteiger partial charge < -0.3 is 5.11 Å². The number of aryl methyl sites for hydroxylation is 1. The van der Waals surface area contributed by atoms with Gasteiger partial charge in [0.15, 0.2) is 0 Å². The highest BCUT2D eigenvalue weighted by Crippen LogP contribution is 2.61. The van der Waals surface area contributed by atoms with Crippen LogP contribution in [0.5, 0.6) is 0 Å². The van der Waals surface area contributed by atoms with E-state index in [9.17, 15) is 9.90 Å². The number of carboxylic acids is 1. The molecule has 1 fully saturated rings. The quantitative estimate of drug-likeness (QED) is 0.941. The van der Waals surface area contributed by atoms with Gasteiger partial charge in [0.1, 0.15) is 0 Å². The third-order valence-corrected chi connectivity index (χ3v) is 4.34. The van der Waals surface area contributed by atoms with Gasteiger partial charge in [-0.25, -0.2) is 0 Å². The molecular weight excluding hydrogens is 292 g/mol. The summed E-state index contributed by atoms with van der Waals surface area (Å²) < 4.78 is 0. The zero-order chi connectivity index (χ0) is 16.9. The minimum absolute atomic E-state index is 0.140. The first kappa shape index (κ1) is 16.7. The molecule has 0 aliphatic heterocycles. The second-order valence-corrected chi connectivity index (χ2v) is 5.87. The Labute approximate surface area is 134 Å². The minimum atomic E-state index is -0.674. The summed E-state index contributed by atoms with van der Waals surface area (Å²) in [7, 11) is 0. The van der Waals surface area contributed by atoms with Gasteiger partial charge in [-0.3, -0.25) is 4.79 Å². The average molecular weight is 310 g/mol. The molecule has 2 aromatic rings. The third-order valence-electron chi connectivity index (χ3n) is 4.34. The van der Waals surface area contributed by atoms with Crippen LogP contribution in [0.15, 0.2) is 54.6 Å². The van der Waals surface area contributed by atoms with Gasteiger partial charge in [0.25, 0.3) is 0 Å². The van der Waals surface area contributed by atoms with E-state index in [1.54, 1.807) is 0 Å². The first-order valence-corrected chi connectivity index (χ1v) is 7.36. The van der Waals surface area contributed by atoms with Crippen molar-refractivity contribution in [3.8, 4) is 0 Å². The monoisotopic (exact) mass is 310 g/mol. The highest BCUT2D eigenvalue weighted by atomic mass is 16.4. The summed E-state index contributed by atoms with van der Waals surface area (Å²) in [5.74, 6) is -0.535. The lowest BCUT2D eigenvalue weighted by Gasteiger charge is -2.13. The Kier molecular flexibility index (Phi) is 5.09. The zero-order valence-electron chi connectivity index (χ0n) is 12.9. The van der Waals surface area contributed by atoms with E-state index >= 15 is 0 Å². The smallest absolute Gasteiger partial charge is 0.373 e. The highest BCUT2D eigenvalue weighted by molar-refractivity contribution is 5.81. The Bertz CT molecular complexity index is 700. The number of benzene rings is 2. The van der Waals surface area contributed by atoms with Crippen molar-refractivity contribution >= 4 is 12.1 Å². The van der Waals surface area contributed by atoms with E-state index < -0.39 is 11.4 Å². The van der Waals surface area contributed by atoms with E-state index in [4.69, 9.17) is 9.59 Å². The van der Waals surface area contributed by atoms with E-state index in [-0.39, 0.29) is 12.1 Å². The van der Waals surface area contributed by atoms with E-state index in [2.05, 4.69) is 24.3 Å². The molecule has 2 atom stereocenters. The standard InChI is InChI=1S/C18H18O2.CO2/c1-13-7-9-15(10-8-13)16-12-18(16,17(19)20)11-14-5-3-2-4-6-14;2-1-3/h2-10,16H,11-12H2,1H3,(H,19,20);/t16-,18-;/m1./s1. The number of carbonyl (C=O) groups is 1. The Morgan fingerprint density at radius 2 is 1.70 bits per heavy atom. The predicted molar refractivity (Wildman–Crippen MR) is 83.8 cm³/mol. The van der Waals surface area contributed by atoms with Gasteiger partial charge in [0.05, 0.1) is 5.41 Å². The summed E-state index contributed by atoms with van der Waals surface area (Å²) in [5.41, 5.74) is 2.84. The summed E-state index contributed by atoms with van der Waals surface area (Å²) in [6.07, 6.45) is 1.60. The van der Waals surface area contributed by atoms with Crippen molar-refractivity contribution < 1.29 is 19.5 Å². The number of aliphatic carboxylic acids is 1. The van der Waals surface area contributed by atoms with Crippen LogP contribution in [0.2, 0.25) is 0 Å². The molecular formula is C19H18O4. The number of carbonyl (C=O) groups excluding carboxylic acids is 2. The molecule has 0 aromatic heterocycles. The van der Waals surface area contributed by atoms with Crippen molar-refractivity contribution in [3.05, 3.63) is 71.3 Å². The van der Waals surface area contributed by atoms with Crippen molar-refractivity contribution in [2.24, 2.45) is 5.41 Å². The summed E-state index contributed by atoms with van der Waals surface area (Å²) in [6, 6.07) is 18.2. The second-order valence-electron chi connectivity index (χ2n) is 5.87. The minimum Gasteiger partial charge on any atom is -0.481 e. The van der Waals surface area contributed by atoms with Gasteiger partial charge in [0, 0.05) is 5.92 Å². The second kappa shape index (κ2) is 7.03. The highest BCUT2D eigenvalue weighted by Gasteiger charge is 2.60. The summed E-state index contributed by atoms with van der Waals surface area (Å²) in [4.78, 5) is 28.0. The molecule has 4 heteroatoms. The fourth-order valence-corrected chi connectivity index (χ4v) is 3.01. The fourth-order valence-electron chi connectivity index (χ4n) is 3.01. The number of carboxylic acid groups (broad SMARTS) is 1. The first-order valence-electron chi connectivity index (χ1n) is 7.36. The fraction of sp³-hybridized carbons (Fsp3) is 0.263. The maximum Gasteiger partial charge on any atom is 0.373 e. The molecule has 0 bridgehead atoms. The van der Waals surface area contributed by atoms with Crippen molar-refractivity contribution in [1.29, 1.82) is 0 Å². The maximum absolute atomic E-state index is 11.7. The van der Waals surface area contributed by atoms with Gasteiger partial charge in [-0.1, -0.05) is 60.2 Å². The molecule has 23 heavy (non-hydrogen) atoms. The molecule has 2 aromatic carbocycles. The molecule has 0 saturated heterocycles. The van der Waals surface area contributed by atoms with Gasteiger partial charge >= 0.3 is 12.1 Å². The van der Waals surface area contributed by atoms with Crippen molar-refractivity contribution in [2.75, 3.05) is 0 Å². The zero-order valence-corrected chi connectivity index (χ0v) is 12.9. The van der Waals surface area contributed by atoms with Gasteiger partial charge in [-0.05, 0) is 30.9 Å². The van der Waals surface area contributed by atoms with Crippen LogP contribution in [0.3, 0.4) is 0 Å². The van der Waals surface area contributed by atoms with E-state index in [1.807, 2.05) is 37.3 Å². The summed E-state index contributed by atoms with van der Waals surface area (Å²) in [6.45, 7) is 2.05. The van der Waals surface area contributed by atoms with Gasteiger partial charge in [-0.15, -0.1) is 0 Å².